The first kappa shape index (κ1) is 15.5. The topological polar surface area (TPSA) is 34.4 Å². The van der Waals surface area contributed by atoms with Gasteiger partial charge in [0.25, 0.3) is 5.91 Å². The normalized spacial score (nSPS) is 12.0. The molecule has 0 saturated carbocycles. The van der Waals surface area contributed by atoms with Crippen LogP contribution in [0.4, 0.5) is 0 Å². The molecule has 3 nitrogen and oxygen atoms in total. The SMILES string of the molecule is C=CCn1c(=NC(=O)c2cccs2)sc2cc(Cl)cc(Cl)c21. The molecule has 0 aliphatic heterocycles. The maximum absolute atomic E-state index is 12.2. The summed E-state index contributed by atoms with van der Waals surface area (Å²) in [6.07, 6.45) is 1.74. The number of allylic oxidation sites excluding steroid dienone is 1. The van der Waals surface area contributed by atoms with Crippen molar-refractivity contribution < 1.29 is 4.79 Å². The van der Waals surface area contributed by atoms with Gasteiger partial charge < -0.3 is 4.57 Å². The summed E-state index contributed by atoms with van der Waals surface area (Å²) < 4.78 is 2.76. The van der Waals surface area contributed by atoms with Gasteiger partial charge in [0.15, 0.2) is 4.80 Å². The predicted molar refractivity (Wildman–Crippen MR) is 94.2 cm³/mol. The highest BCUT2D eigenvalue weighted by atomic mass is 35.5. The number of aromatic nitrogens is 1. The Bertz CT molecular complexity index is 923. The van der Waals surface area contributed by atoms with Gasteiger partial charge >= 0.3 is 0 Å². The van der Waals surface area contributed by atoms with Crippen LogP contribution in [0.5, 0.6) is 0 Å². The quantitative estimate of drug-likeness (QED) is 0.599. The Morgan fingerprint density at radius 2 is 2.23 bits per heavy atom. The third-order valence-electron chi connectivity index (χ3n) is 2.94. The zero-order chi connectivity index (χ0) is 15.7. The van der Waals surface area contributed by atoms with Gasteiger partial charge in [-0.3, -0.25) is 4.79 Å². The molecule has 0 aliphatic carbocycles. The van der Waals surface area contributed by atoms with E-state index in [1.165, 1.54) is 22.7 Å². The summed E-state index contributed by atoms with van der Waals surface area (Å²) in [5.41, 5.74) is 0.814. The van der Waals surface area contributed by atoms with Gasteiger partial charge in [0.05, 0.1) is 20.1 Å². The highest BCUT2D eigenvalue weighted by Crippen LogP contribution is 2.29. The van der Waals surface area contributed by atoms with Gasteiger partial charge in [-0.15, -0.1) is 17.9 Å². The van der Waals surface area contributed by atoms with Crippen LogP contribution in [0.15, 0.2) is 47.3 Å². The highest BCUT2D eigenvalue weighted by molar-refractivity contribution is 7.16. The van der Waals surface area contributed by atoms with Crippen LogP contribution in [-0.4, -0.2) is 10.5 Å². The number of amides is 1. The minimum Gasteiger partial charge on any atom is -0.311 e. The minimum atomic E-state index is -0.262. The van der Waals surface area contributed by atoms with Crippen molar-refractivity contribution in [3.63, 3.8) is 0 Å². The molecule has 2 heterocycles. The maximum Gasteiger partial charge on any atom is 0.289 e. The van der Waals surface area contributed by atoms with Crippen LogP contribution in [0, 0.1) is 0 Å². The van der Waals surface area contributed by atoms with Crippen molar-refractivity contribution in [3.05, 3.63) is 62.0 Å². The average molecular weight is 369 g/mol. The first-order valence-corrected chi connectivity index (χ1v) is 8.77. The molecule has 3 rings (SSSR count). The van der Waals surface area contributed by atoms with Crippen molar-refractivity contribution in [1.29, 1.82) is 0 Å². The molecule has 0 saturated heterocycles. The molecule has 1 aromatic carbocycles. The summed E-state index contributed by atoms with van der Waals surface area (Å²) in [6, 6.07) is 7.09. The van der Waals surface area contributed by atoms with Crippen LogP contribution < -0.4 is 4.80 Å². The van der Waals surface area contributed by atoms with E-state index in [-0.39, 0.29) is 5.91 Å². The Morgan fingerprint density at radius 1 is 1.41 bits per heavy atom. The van der Waals surface area contributed by atoms with Gasteiger partial charge in [-0.2, -0.15) is 4.99 Å². The first-order valence-electron chi connectivity index (χ1n) is 6.32. The van der Waals surface area contributed by atoms with E-state index in [0.29, 0.717) is 26.3 Å². The first-order chi connectivity index (χ1) is 10.6. The van der Waals surface area contributed by atoms with E-state index in [4.69, 9.17) is 23.2 Å². The van der Waals surface area contributed by atoms with E-state index in [1.807, 2.05) is 22.1 Å². The third kappa shape index (κ3) is 2.90. The van der Waals surface area contributed by atoms with Crippen molar-refractivity contribution in [2.24, 2.45) is 4.99 Å². The van der Waals surface area contributed by atoms with Gasteiger partial charge in [-0.05, 0) is 23.6 Å². The van der Waals surface area contributed by atoms with Crippen molar-refractivity contribution in [3.8, 4) is 0 Å². The number of benzene rings is 1. The zero-order valence-corrected chi connectivity index (χ0v) is 14.4. The maximum atomic E-state index is 12.2. The van der Waals surface area contributed by atoms with Crippen molar-refractivity contribution in [2.75, 3.05) is 0 Å². The van der Waals surface area contributed by atoms with E-state index in [0.717, 1.165) is 10.2 Å². The molecule has 0 atom stereocenters. The molecule has 0 radical (unpaired) electrons. The second-order valence-electron chi connectivity index (χ2n) is 4.41. The number of thiazole rings is 1. The molecule has 0 unspecified atom stereocenters. The van der Waals surface area contributed by atoms with E-state index in [2.05, 4.69) is 11.6 Å². The summed E-state index contributed by atoms with van der Waals surface area (Å²) in [6.45, 7) is 4.26. The summed E-state index contributed by atoms with van der Waals surface area (Å²) in [5.74, 6) is -0.262. The van der Waals surface area contributed by atoms with Gasteiger partial charge in [0.1, 0.15) is 0 Å². The van der Waals surface area contributed by atoms with Gasteiger partial charge in [-0.1, -0.05) is 46.7 Å². The van der Waals surface area contributed by atoms with E-state index >= 15 is 0 Å². The third-order valence-corrected chi connectivity index (χ3v) is 5.33. The van der Waals surface area contributed by atoms with Crippen molar-refractivity contribution in [1.82, 2.24) is 4.57 Å². The number of nitrogens with zero attached hydrogens (tertiary/aromatic N) is 2. The van der Waals surface area contributed by atoms with Gasteiger partial charge in [0, 0.05) is 11.6 Å². The van der Waals surface area contributed by atoms with Gasteiger partial charge in [0.2, 0.25) is 0 Å². The molecule has 2 aromatic heterocycles. The van der Waals surface area contributed by atoms with E-state index in [9.17, 15) is 4.79 Å². The monoisotopic (exact) mass is 368 g/mol. The Balaban J connectivity index is 2.24. The number of carbonyl (C=O) groups is 1. The number of rotatable bonds is 3. The van der Waals surface area contributed by atoms with Crippen molar-refractivity contribution >= 4 is 62.0 Å². The van der Waals surface area contributed by atoms with Crippen LogP contribution in [0.25, 0.3) is 10.2 Å². The number of carbonyl (C=O) groups excluding carboxylic acids is 1. The Kier molecular flexibility index (Phi) is 4.49. The molecule has 0 aliphatic rings. The average Bonchev–Trinajstić information content (AvgIpc) is 3.08. The van der Waals surface area contributed by atoms with Crippen LogP contribution in [0.3, 0.4) is 0 Å². The van der Waals surface area contributed by atoms with E-state index in [1.54, 1.807) is 18.2 Å². The number of hydrogen-bond donors (Lipinski definition) is 0. The lowest BCUT2D eigenvalue weighted by Crippen LogP contribution is -2.16. The lowest BCUT2D eigenvalue weighted by molar-refractivity contribution is 0.100. The molecule has 7 heteroatoms. The number of fused-ring (bicyclic) bond motifs is 1. The molecule has 112 valence electrons. The molecule has 3 aromatic rings. The second kappa shape index (κ2) is 6.38. The Labute approximate surface area is 144 Å². The van der Waals surface area contributed by atoms with E-state index < -0.39 is 0 Å². The number of halogens is 2. The fourth-order valence-electron chi connectivity index (χ4n) is 2.06. The molecular formula is C15H10Cl2N2OS2. The van der Waals surface area contributed by atoms with Gasteiger partial charge in [-0.25, -0.2) is 0 Å². The standard InChI is InChI=1S/C15H10Cl2N2OS2/c1-2-5-19-13-10(17)7-9(16)8-12(13)22-15(19)18-14(20)11-4-3-6-21-11/h2-4,6-8H,1,5H2. The summed E-state index contributed by atoms with van der Waals surface area (Å²) >= 11 is 15.1. The molecule has 1 amide bonds. The predicted octanol–water partition coefficient (Wildman–Crippen LogP) is 5.00. The fraction of sp³-hybridized carbons (Fsp3) is 0.0667. The fourth-order valence-corrected chi connectivity index (χ4v) is 4.48. The molecule has 0 N–H and O–H groups in total. The molecule has 0 fully saturated rings. The summed E-state index contributed by atoms with van der Waals surface area (Å²) in [4.78, 5) is 17.6. The Hall–Kier alpha value is -1.40. The van der Waals surface area contributed by atoms with Crippen LogP contribution in [0.1, 0.15) is 9.67 Å². The smallest absolute Gasteiger partial charge is 0.289 e. The zero-order valence-electron chi connectivity index (χ0n) is 11.3. The van der Waals surface area contributed by atoms with Crippen LogP contribution in [0.2, 0.25) is 10.0 Å². The molecule has 0 spiro atoms. The number of thiophene rings is 1. The molecule has 0 bridgehead atoms. The number of hydrogen-bond acceptors (Lipinski definition) is 3. The molecular weight excluding hydrogens is 359 g/mol. The minimum absolute atomic E-state index is 0.262. The second-order valence-corrected chi connectivity index (χ2v) is 7.21. The summed E-state index contributed by atoms with van der Waals surface area (Å²) in [7, 11) is 0. The highest BCUT2D eigenvalue weighted by Gasteiger charge is 2.12. The largest absolute Gasteiger partial charge is 0.311 e. The lowest BCUT2D eigenvalue weighted by Gasteiger charge is -2.03. The Morgan fingerprint density at radius 3 is 2.91 bits per heavy atom. The van der Waals surface area contributed by atoms with Crippen LogP contribution >= 0.6 is 45.9 Å². The molecule has 22 heavy (non-hydrogen) atoms. The lowest BCUT2D eigenvalue weighted by atomic mass is 10.3. The van der Waals surface area contributed by atoms with Crippen molar-refractivity contribution in [2.45, 2.75) is 6.54 Å². The summed E-state index contributed by atoms with van der Waals surface area (Å²) in [5, 5.41) is 2.94. The van der Waals surface area contributed by atoms with Crippen LogP contribution in [-0.2, 0) is 6.54 Å².